The molecule has 5 nitrogen and oxygen atoms in total. The highest BCUT2D eigenvalue weighted by atomic mass is 16.5. The van der Waals surface area contributed by atoms with E-state index in [2.05, 4.69) is 22.7 Å². The van der Waals surface area contributed by atoms with Gasteiger partial charge in [0.25, 0.3) is 0 Å². The Morgan fingerprint density at radius 3 is 2.74 bits per heavy atom. The van der Waals surface area contributed by atoms with Crippen LogP contribution in [-0.4, -0.2) is 36.1 Å². The van der Waals surface area contributed by atoms with Crippen LogP contribution in [0, 0.1) is 5.41 Å². The molecule has 19 heavy (non-hydrogen) atoms. The summed E-state index contributed by atoms with van der Waals surface area (Å²) in [6.07, 6.45) is 4.44. The average molecular weight is 264 g/mol. The summed E-state index contributed by atoms with van der Waals surface area (Å²) >= 11 is 0. The fraction of sp³-hybridized carbons (Fsp3) is 0.786. The van der Waals surface area contributed by atoms with Crippen molar-refractivity contribution in [2.75, 3.05) is 36.9 Å². The van der Waals surface area contributed by atoms with E-state index in [0.29, 0.717) is 5.41 Å². The molecule has 0 unspecified atom stereocenters. The largest absolute Gasteiger partial charge is 0.381 e. The van der Waals surface area contributed by atoms with Gasteiger partial charge in [-0.15, -0.1) is 0 Å². The molecule has 1 aromatic rings. The molecule has 0 aliphatic carbocycles. The zero-order chi connectivity index (χ0) is 13.3. The predicted octanol–water partition coefficient (Wildman–Crippen LogP) is 2.01. The molecule has 1 spiro atoms. The number of aryl methyl sites for hydroxylation is 2. The normalized spacial score (nSPS) is 21.4. The SMILES string of the molecule is CCCc1nn(C)c2c1NCC1(CCOCC1)CN2. The number of ether oxygens (including phenoxy) is 1. The van der Waals surface area contributed by atoms with Gasteiger partial charge in [0.05, 0.1) is 5.69 Å². The molecule has 1 aromatic heterocycles. The lowest BCUT2D eigenvalue weighted by atomic mass is 9.80. The van der Waals surface area contributed by atoms with Crippen LogP contribution in [0.1, 0.15) is 31.9 Å². The van der Waals surface area contributed by atoms with Gasteiger partial charge in [-0.1, -0.05) is 13.3 Å². The summed E-state index contributed by atoms with van der Waals surface area (Å²) in [7, 11) is 2.02. The van der Waals surface area contributed by atoms with Gasteiger partial charge in [0.2, 0.25) is 0 Å². The second kappa shape index (κ2) is 5.04. The molecule has 2 aliphatic rings. The maximum atomic E-state index is 5.51. The van der Waals surface area contributed by atoms with Crippen molar-refractivity contribution < 1.29 is 4.74 Å². The minimum absolute atomic E-state index is 0.334. The third kappa shape index (κ3) is 2.31. The lowest BCUT2D eigenvalue weighted by molar-refractivity contribution is 0.0276. The van der Waals surface area contributed by atoms with Crippen LogP contribution in [0.3, 0.4) is 0 Å². The number of aromatic nitrogens is 2. The fourth-order valence-electron chi connectivity index (χ4n) is 3.15. The van der Waals surface area contributed by atoms with E-state index in [0.717, 1.165) is 57.8 Å². The maximum absolute atomic E-state index is 5.51. The van der Waals surface area contributed by atoms with Gasteiger partial charge in [0, 0.05) is 38.8 Å². The summed E-state index contributed by atoms with van der Waals surface area (Å²) in [5.74, 6) is 1.15. The van der Waals surface area contributed by atoms with Crippen molar-refractivity contribution in [1.29, 1.82) is 0 Å². The summed E-state index contributed by atoms with van der Waals surface area (Å²) < 4.78 is 7.49. The number of anilines is 2. The van der Waals surface area contributed by atoms with Crippen molar-refractivity contribution >= 4 is 11.5 Å². The molecule has 3 heterocycles. The molecule has 0 saturated carbocycles. The molecule has 0 aromatic carbocycles. The Balaban J connectivity index is 1.83. The minimum Gasteiger partial charge on any atom is -0.381 e. The summed E-state index contributed by atoms with van der Waals surface area (Å²) in [5, 5.41) is 11.9. The Hall–Kier alpha value is -1.23. The fourth-order valence-corrected chi connectivity index (χ4v) is 3.15. The van der Waals surface area contributed by atoms with Crippen molar-refractivity contribution in [3.63, 3.8) is 0 Å². The number of hydrogen-bond donors (Lipinski definition) is 2. The molecule has 0 amide bonds. The van der Waals surface area contributed by atoms with Crippen molar-refractivity contribution in [1.82, 2.24) is 9.78 Å². The number of nitrogens with one attached hydrogen (secondary N) is 2. The summed E-state index contributed by atoms with van der Waals surface area (Å²) in [4.78, 5) is 0. The van der Waals surface area contributed by atoms with Crippen LogP contribution in [0.2, 0.25) is 0 Å². The van der Waals surface area contributed by atoms with E-state index in [1.165, 1.54) is 11.4 Å². The van der Waals surface area contributed by atoms with Gasteiger partial charge in [-0.25, -0.2) is 0 Å². The van der Waals surface area contributed by atoms with Crippen molar-refractivity contribution in [3.8, 4) is 0 Å². The predicted molar refractivity (Wildman–Crippen MR) is 76.7 cm³/mol. The van der Waals surface area contributed by atoms with Gasteiger partial charge in [-0.2, -0.15) is 5.10 Å². The molecule has 2 N–H and O–H groups in total. The third-order valence-corrected chi connectivity index (χ3v) is 4.43. The van der Waals surface area contributed by atoms with Crippen LogP contribution < -0.4 is 10.6 Å². The molecular formula is C14H24N4O. The van der Waals surface area contributed by atoms with Crippen LogP contribution in [0.5, 0.6) is 0 Å². The van der Waals surface area contributed by atoms with E-state index < -0.39 is 0 Å². The highest BCUT2D eigenvalue weighted by Crippen LogP contribution is 2.37. The van der Waals surface area contributed by atoms with Crippen molar-refractivity contribution in [2.24, 2.45) is 12.5 Å². The monoisotopic (exact) mass is 264 g/mol. The Morgan fingerprint density at radius 2 is 2.00 bits per heavy atom. The quantitative estimate of drug-likeness (QED) is 0.858. The Kier molecular flexibility index (Phi) is 3.39. The average Bonchev–Trinajstić information content (AvgIpc) is 2.60. The van der Waals surface area contributed by atoms with Gasteiger partial charge < -0.3 is 15.4 Å². The topological polar surface area (TPSA) is 51.1 Å². The van der Waals surface area contributed by atoms with E-state index in [1.807, 2.05) is 11.7 Å². The van der Waals surface area contributed by atoms with E-state index in [9.17, 15) is 0 Å². The zero-order valence-corrected chi connectivity index (χ0v) is 12.0. The second-order valence-electron chi connectivity index (χ2n) is 5.86. The Morgan fingerprint density at radius 1 is 1.26 bits per heavy atom. The van der Waals surface area contributed by atoms with Gasteiger partial charge in [0.15, 0.2) is 0 Å². The van der Waals surface area contributed by atoms with E-state index in [4.69, 9.17) is 4.74 Å². The second-order valence-corrected chi connectivity index (χ2v) is 5.86. The lowest BCUT2D eigenvalue weighted by Gasteiger charge is -2.36. The van der Waals surface area contributed by atoms with Crippen LogP contribution in [0.4, 0.5) is 11.5 Å². The first kappa shape index (κ1) is 12.8. The van der Waals surface area contributed by atoms with Crippen LogP contribution in [0.25, 0.3) is 0 Å². The number of hydrogen-bond acceptors (Lipinski definition) is 4. The minimum atomic E-state index is 0.334. The van der Waals surface area contributed by atoms with Gasteiger partial charge in [-0.05, 0) is 19.3 Å². The van der Waals surface area contributed by atoms with Crippen molar-refractivity contribution in [2.45, 2.75) is 32.6 Å². The Bertz CT molecular complexity index is 449. The molecule has 1 fully saturated rings. The van der Waals surface area contributed by atoms with E-state index in [-0.39, 0.29) is 0 Å². The summed E-state index contributed by atoms with van der Waals surface area (Å²) in [6, 6.07) is 0. The third-order valence-electron chi connectivity index (χ3n) is 4.43. The van der Waals surface area contributed by atoms with E-state index in [1.54, 1.807) is 0 Å². The molecular weight excluding hydrogens is 240 g/mol. The van der Waals surface area contributed by atoms with Crippen molar-refractivity contribution in [3.05, 3.63) is 5.69 Å². The molecule has 3 rings (SSSR count). The maximum Gasteiger partial charge on any atom is 0.148 e. The standard InChI is InChI=1S/C14H24N4O/c1-3-4-11-12-13(18(2)17-11)16-10-14(9-15-12)5-7-19-8-6-14/h15-16H,3-10H2,1-2H3. The number of fused-ring (bicyclic) bond motifs is 1. The Labute approximate surface area is 114 Å². The van der Waals surface area contributed by atoms with Crippen LogP contribution in [-0.2, 0) is 18.2 Å². The first-order valence-electron chi connectivity index (χ1n) is 7.35. The molecule has 0 atom stereocenters. The lowest BCUT2D eigenvalue weighted by Crippen LogP contribution is -2.40. The molecule has 106 valence electrons. The van der Waals surface area contributed by atoms with Crippen LogP contribution >= 0.6 is 0 Å². The van der Waals surface area contributed by atoms with E-state index >= 15 is 0 Å². The number of nitrogens with zero attached hydrogens (tertiary/aromatic N) is 2. The van der Waals surface area contributed by atoms with Gasteiger partial charge in [-0.3, -0.25) is 4.68 Å². The summed E-state index contributed by atoms with van der Waals surface area (Å²) in [6.45, 7) is 6.02. The molecule has 0 radical (unpaired) electrons. The van der Waals surface area contributed by atoms with Gasteiger partial charge >= 0.3 is 0 Å². The summed E-state index contributed by atoms with van der Waals surface area (Å²) in [5.41, 5.74) is 2.74. The van der Waals surface area contributed by atoms with Gasteiger partial charge in [0.1, 0.15) is 11.5 Å². The number of rotatable bonds is 2. The smallest absolute Gasteiger partial charge is 0.148 e. The molecule has 0 bridgehead atoms. The highest BCUT2D eigenvalue weighted by molar-refractivity contribution is 5.69. The first-order valence-corrected chi connectivity index (χ1v) is 7.35. The first-order chi connectivity index (χ1) is 9.24. The molecule has 2 aliphatic heterocycles. The zero-order valence-electron chi connectivity index (χ0n) is 12.0. The molecule has 1 saturated heterocycles. The molecule has 5 heteroatoms. The highest BCUT2D eigenvalue weighted by Gasteiger charge is 2.35. The van der Waals surface area contributed by atoms with Crippen LogP contribution in [0.15, 0.2) is 0 Å².